The van der Waals surface area contributed by atoms with Crippen LogP contribution in [0.25, 0.3) is 11.3 Å². The van der Waals surface area contributed by atoms with E-state index in [0.29, 0.717) is 17.3 Å². The Kier molecular flexibility index (Phi) is 5.15. The molecule has 30 heavy (non-hydrogen) atoms. The smallest absolute Gasteiger partial charge is 0.279 e. The number of amides is 1. The largest absolute Gasteiger partial charge is 0.446 e. The summed E-state index contributed by atoms with van der Waals surface area (Å²) in [6, 6.07) is 9.27. The van der Waals surface area contributed by atoms with Gasteiger partial charge in [-0.25, -0.2) is 9.97 Å². The third-order valence-electron chi connectivity index (χ3n) is 4.48. The zero-order chi connectivity index (χ0) is 21.1. The number of rotatable bonds is 7. The third kappa shape index (κ3) is 3.98. The third-order valence-corrected chi connectivity index (χ3v) is 4.48. The number of aromatic nitrogens is 5. The second-order valence-electron chi connectivity index (χ2n) is 6.97. The van der Waals surface area contributed by atoms with Gasteiger partial charge in [-0.05, 0) is 13.8 Å². The number of carbonyl (C=O) groups is 1. The van der Waals surface area contributed by atoms with Crippen LogP contribution in [0.3, 0.4) is 0 Å². The predicted molar refractivity (Wildman–Crippen MR) is 106 cm³/mol. The monoisotopic (exact) mass is 408 g/mol. The van der Waals surface area contributed by atoms with Gasteiger partial charge in [0.2, 0.25) is 5.89 Å². The number of benzene rings is 1. The molecule has 0 spiro atoms. The number of carbonyl (C=O) groups excluding carboxylic acids is 1. The van der Waals surface area contributed by atoms with Crippen molar-refractivity contribution < 1.29 is 18.4 Å². The quantitative estimate of drug-likeness (QED) is 0.495. The van der Waals surface area contributed by atoms with Crippen LogP contribution in [-0.4, -0.2) is 38.0 Å². The van der Waals surface area contributed by atoms with Gasteiger partial charge in [-0.1, -0.05) is 30.3 Å². The van der Waals surface area contributed by atoms with E-state index < -0.39 is 11.5 Å². The Morgan fingerprint density at radius 3 is 2.80 bits per heavy atom. The van der Waals surface area contributed by atoms with E-state index in [-0.39, 0.29) is 18.1 Å². The molecule has 3 heterocycles. The Labute approximate surface area is 171 Å². The Morgan fingerprint density at radius 1 is 1.23 bits per heavy atom. The highest BCUT2D eigenvalue weighted by Crippen LogP contribution is 2.24. The van der Waals surface area contributed by atoms with E-state index in [1.165, 1.54) is 23.7 Å². The first kappa shape index (κ1) is 19.5. The van der Waals surface area contributed by atoms with Crippen molar-refractivity contribution in [1.29, 1.82) is 0 Å². The van der Waals surface area contributed by atoms with Crippen molar-refractivity contribution in [3.8, 4) is 11.3 Å². The second kappa shape index (κ2) is 7.91. The number of nitrogens with zero attached hydrogens (tertiary/aromatic N) is 5. The summed E-state index contributed by atoms with van der Waals surface area (Å²) in [6.07, 6.45) is 4.21. The molecule has 0 atom stereocenters. The van der Waals surface area contributed by atoms with Gasteiger partial charge in [0.1, 0.15) is 24.1 Å². The summed E-state index contributed by atoms with van der Waals surface area (Å²) in [7, 11) is 1.59. The molecule has 1 N–H and O–H groups in total. The van der Waals surface area contributed by atoms with Crippen LogP contribution in [-0.2, 0) is 16.9 Å². The first-order valence-electron chi connectivity index (χ1n) is 9.16. The molecule has 0 aliphatic rings. The van der Waals surface area contributed by atoms with Gasteiger partial charge in [0, 0.05) is 12.7 Å². The van der Waals surface area contributed by atoms with Crippen LogP contribution >= 0.6 is 0 Å². The topological polar surface area (TPSA) is 121 Å². The lowest BCUT2D eigenvalue weighted by Crippen LogP contribution is -2.20. The van der Waals surface area contributed by atoms with E-state index in [9.17, 15) is 4.79 Å². The summed E-state index contributed by atoms with van der Waals surface area (Å²) in [4.78, 5) is 22.5. The SMILES string of the molecule is COC(C)(C)c1nc(Cn2ncc(NC(=O)c3ncoc3-c3ccccc3)n2)co1. The lowest BCUT2D eigenvalue weighted by atomic mass is 10.1. The maximum atomic E-state index is 12.6. The van der Waals surface area contributed by atoms with Crippen LogP contribution in [0.1, 0.15) is 35.9 Å². The van der Waals surface area contributed by atoms with Crippen molar-refractivity contribution in [2.45, 2.75) is 26.0 Å². The standard InChI is InChI=1S/C20H20N6O4/c1-20(2,28-3)19-23-14(11-29-19)10-26-22-9-15(25-26)24-18(27)16-17(30-12-21-16)13-7-5-4-6-8-13/h4-9,11-12H,10H2,1-3H3,(H,24,25,27). The van der Waals surface area contributed by atoms with Crippen molar-refractivity contribution >= 4 is 11.7 Å². The number of anilines is 1. The zero-order valence-corrected chi connectivity index (χ0v) is 16.7. The molecule has 1 aromatic carbocycles. The summed E-state index contributed by atoms with van der Waals surface area (Å²) in [5.74, 6) is 0.680. The number of nitrogens with one attached hydrogen (secondary N) is 1. The maximum absolute atomic E-state index is 12.6. The molecular weight excluding hydrogens is 388 g/mol. The molecule has 4 rings (SSSR count). The molecule has 154 valence electrons. The van der Waals surface area contributed by atoms with Crippen LogP contribution < -0.4 is 5.32 Å². The van der Waals surface area contributed by atoms with Gasteiger partial charge in [0.05, 0.1) is 6.20 Å². The Bertz CT molecular complexity index is 1140. The molecule has 0 aliphatic carbocycles. The van der Waals surface area contributed by atoms with Gasteiger partial charge in [-0.3, -0.25) is 4.79 Å². The van der Waals surface area contributed by atoms with E-state index in [1.807, 2.05) is 44.2 Å². The molecule has 10 heteroatoms. The molecule has 4 aromatic rings. The molecule has 0 unspecified atom stereocenters. The normalized spacial score (nSPS) is 11.6. The average molecular weight is 408 g/mol. The minimum Gasteiger partial charge on any atom is -0.446 e. The van der Waals surface area contributed by atoms with Crippen molar-refractivity contribution in [3.63, 3.8) is 0 Å². The highest BCUT2D eigenvalue weighted by molar-refractivity contribution is 6.05. The van der Waals surface area contributed by atoms with Crippen LogP contribution in [0.2, 0.25) is 0 Å². The first-order chi connectivity index (χ1) is 14.5. The number of hydrogen-bond donors (Lipinski definition) is 1. The summed E-state index contributed by atoms with van der Waals surface area (Å²) in [5, 5.41) is 11.1. The highest BCUT2D eigenvalue weighted by Gasteiger charge is 2.26. The van der Waals surface area contributed by atoms with E-state index in [4.69, 9.17) is 13.6 Å². The Hall–Kier alpha value is -3.79. The summed E-state index contributed by atoms with van der Waals surface area (Å²) in [5.41, 5.74) is 0.915. The van der Waals surface area contributed by atoms with Crippen LogP contribution in [0.4, 0.5) is 5.82 Å². The van der Waals surface area contributed by atoms with Gasteiger partial charge in [-0.15, -0.1) is 5.10 Å². The van der Waals surface area contributed by atoms with Crippen LogP contribution in [0, 0.1) is 0 Å². The van der Waals surface area contributed by atoms with E-state index in [0.717, 1.165) is 5.56 Å². The van der Waals surface area contributed by atoms with Gasteiger partial charge in [0.25, 0.3) is 5.91 Å². The zero-order valence-electron chi connectivity index (χ0n) is 16.7. The fourth-order valence-corrected chi connectivity index (χ4v) is 2.70. The van der Waals surface area contributed by atoms with E-state index >= 15 is 0 Å². The summed E-state index contributed by atoms with van der Waals surface area (Å²) >= 11 is 0. The number of ether oxygens (including phenoxy) is 1. The number of methoxy groups -OCH3 is 1. The fraction of sp³-hybridized carbons (Fsp3) is 0.250. The number of oxazole rings is 2. The first-order valence-corrected chi connectivity index (χ1v) is 9.16. The van der Waals surface area contributed by atoms with Gasteiger partial charge >= 0.3 is 0 Å². The molecule has 0 saturated carbocycles. The van der Waals surface area contributed by atoms with Crippen molar-refractivity contribution in [2.75, 3.05) is 12.4 Å². The van der Waals surface area contributed by atoms with Gasteiger partial charge < -0.3 is 18.9 Å². The molecule has 0 saturated heterocycles. The van der Waals surface area contributed by atoms with Crippen molar-refractivity contribution in [2.24, 2.45) is 0 Å². The van der Waals surface area contributed by atoms with Crippen molar-refractivity contribution in [1.82, 2.24) is 25.0 Å². The lowest BCUT2D eigenvalue weighted by Gasteiger charge is -2.17. The summed E-state index contributed by atoms with van der Waals surface area (Å²) in [6.45, 7) is 3.99. The fourth-order valence-electron chi connectivity index (χ4n) is 2.70. The maximum Gasteiger partial charge on any atom is 0.279 e. The predicted octanol–water partition coefficient (Wildman–Crippen LogP) is 3.10. The van der Waals surface area contributed by atoms with E-state index in [2.05, 4.69) is 25.5 Å². The lowest BCUT2D eigenvalue weighted by molar-refractivity contribution is -0.00369. The second-order valence-corrected chi connectivity index (χ2v) is 6.97. The average Bonchev–Trinajstić information content (AvgIpc) is 3.50. The molecule has 0 aliphatic heterocycles. The summed E-state index contributed by atoms with van der Waals surface area (Å²) < 4.78 is 16.2. The molecule has 1 amide bonds. The van der Waals surface area contributed by atoms with E-state index in [1.54, 1.807) is 7.11 Å². The molecule has 0 bridgehead atoms. The molecule has 0 radical (unpaired) electrons. The van der Waals surface area contributed by atoms with Gasteiger partial charge in [-0.2, -0.15) is 9.90 Å². The molecule has 3 aromatic heterocycles. The van der Waals surface area contributed by atoms with Crippen LogP contribution in [0.5, 0.6) is 0 Å². The molecular formula is C20H20N6O4. The van der Waals surface area contributed by atoms with Crippen LogP contribution in [0.15, 0.2) is 58.0 Å². The molecule has 0 fully saturated rings. The van der Waals surface area contributed by atoms with Gasteiger partial charge in [0.15, 0.2) is 23.7 Å². The minimum atomic E-state index is -0.636. The van der Waals surface area contributed by atoms with Crippen molar-refractivity contribution in [3.05, 3.63) is 66.5 Å². The number of hydrogen-bond acceptors (Lipinski definition) is 8. The molecule has 10 nitrogen and oxygen atoms in total. The minimum absolute atomic E-state index is 0.165. The Balaban J connectivity index is 1.45. The Morgan fingerprint density at radius 2 is 2.03 bits per heavy atom. The highest BCUT2D eigenvalue weighted by atomic mass is 16.5.